The third-order valence-electron chi connectivity index (χ3n) is 2.44. The van der Waals surface area contributed by atoms with Crippen molar-refractivity contribution in [2.45, 2.75) is 6.67 Å². The Labute approximate surface area is 75.0 Å². The fourth-order valence-corrected chi connectivity index (χ4v) is 1.81. The van der Waals surface area contributed by atoms with Crippen LogP contribution in [0.4, 0.5) is 0 Å². The molecule has 0 unspecified atom stereocenters. The van der Waals surface area contributed by atoms with Gasteiger partial charge in [0, 0.05) is 5.39 Å². The van der Waals surface area contributed by atoms with Crippen molar-refractivity contribution in [1.29, 1.82) is 0 Å². The van der Waals surface area contributed by atoms with E-state index in [1.807, 2.05) is 34.9 Å². The highest BCUT2D eigenvalue weighted by Gasteiger charge is 2.20. The van der Waals surface area contributed by atoms with E-state index in [-0.39, 0.29) is 5.91 Å². The van der Waals surface area contributed by atoms with E-state index in [9.17, 15) is 4.79 Å². The number of benzene rings is 1. The third kappa shape index (κ3) is 0.758. The summed E-state index contributed by atoms with van der Waals surface area (Å²) in [6.07, 6.45) is 0. The van der Waals surface area contributed by atoms with Gasteiger partial charge in [-0.2, -0.15) is 0 Å². The van der Waals surface area contributed by atoms with Crippen molar-refractivity contribution >= 4 is 16.8 Å². The Morgan fingerprint density at radius 3 is 3.08 bits per heavy atom. The second-order valence-corrected chi connectivity index (χ2v) is 3.18. The fraction of sp³-hybridized carbons (Fsp3) is 0.100. The molecule has 1 aromatic carbocycles. The molecule has 0 aliphatic carbocycles. The molecule has 3 rings (SSSR count). The van der Waals surface area contributed by atoms with Crippen LogP contribution >= 0.6 is 0 Å². The normalized spacial score (nSPS) is 14.6. The zero-order valence-electron chi connectivity index (χ0n) is 6.95. The van der Waals surface area contributed by atoms with Crippen LogP contribution < -0.4 is 5.32 Å². The average Bonchev–Trinajstić information content (AvgIpc) is 2.67. The van der Waals surface area contributed by atoms with Crippen LogP contribution in [0.5, 0.6) is 0 Å². The van der Waals surface area contributed by atoms with Gasteiger partial charge in [0.05, 0.1) is 12.2 Å². The molecule has 1 N–H and O–H groups in total. The predicted molar refractivity (Wildman–Crippen MR) is 49.4 cm³/mol. The summed E-state index contributed by atoms with van der Waals surface area (Å²) in [6, 6.07) is 9.94. The van der Waals surface area contributed by atoms with Crippen molar-refractivity contribution in [2.24, 2.45) is 0 Å². The Bertz CT molecular complexity index is 499. The van der Waals surface area contributed by atoms with Gasteiger partial charge in [-0.25, -0.2) is 0 Å². The van der Waals surface area contributed by atoms with Crippen molar-refractivity contribution in [3.63, 3.8) is 0 Å². The summed E-state index contributed by atoms with van der Waals surface area (Å²) in [4.78, 5) is 11.3. The number of hydrogen-bond acceptors (Lipinski definition) is 1. The summed E-state index contributed by atoms with van der Waals surface area (Å²) in [5, 5.41) is 3.91. The van der Waals surface area contributed by atoms with Gasteiger partial charge in [0.1, 0.15) is 5.69 Å². The monoisotopic (exact) mass is 172 g/mol. The Morgan fingerprint density at radius 2 is 2.15 bits per heavy atom. The van der Waals surface area contributed by atoms with Crippen molar-refractivity contribution in [1.82, 2.24) is 9.88 Å². The second-order valence-electron chi connectivity index (χ2n) is 3.18. The van der Waals surface area contributed by atoms with E-state index in [1.54, 1.807) is 0 Å². The first-order valence-corrected chi connectivity index (χ1v) is 4.23. The van der Waals surface area contributed by atoms with Gasteiger partial charge in [-0.05, 0) is 12.1 Å². The number of carbonyl (C=O) groups excluding carboxylic acids is 1. The molecule has 64 valence electrons. The molecule has 0 saturated heterocycles. The number of aromatic nitrogens is 1. The molecule has 13 heavy (non-hydrogen) atoms. The smallest absolute Gasteiger partial charge is 0.269 e. The Kier molecular flexibility index (Phi) is 1.10. The minimum Gasteiger partial charge on any atom is -0.333 e. The highest BCUT2D eigenvalue weighted by molar-refractivity contribution is 6.00. The number of carbonyl (C=O) groups is 1. The average molecular weight is 172 g/mol. The summed E-state index contributed by atoms with van der Waals surface area (Å²) in [7, 11) is 0. The van der Waals surface area contributed by atoms with Gasteiger partial charge in [-0.15, -0.1) is 0 Å². The van der Waals surface area contributed by atoms with Crippen LogP contribution in [-0.4, -0.2) is 10.5 Å². The topological polar surface area (TPSA) is 34.0 Å². The van der Waals surface area contributed by atoms with Gasteiger partial charge in [-0.1, -0.05) is 18.2 Å². The molecule has 1 aliphatic heterocycles. The summed E-state index contributed by atoms with van der Waals surface area (Å²) in [6.45, 7) is 0.599. The summed E-state index contributed by atoms with van der Waals surface area (Å²) in [5.74, 6) is 0.0243. The Morgan fingerprint density at radius 1 is 1.31 bits per heavy atom. The molecule has 0 bridgehead atoms. The number of rotatable bonds is 0. The quantitative estimate of drug-likeness (QED) is 0.639. The number of hydrogen-bond donors (Lipinski definition) is 1. The van der Waals surface area contributed by atoms with E-state index in [0.29, 0.717) is 6.67 Å². The van der Waals surface area contributed by atoms with E-state index in [4.69, 9.17) is 0 Å². The fourth-order valence-electron chi connectivity index (χ4n) is 1.81. The maximum atomic E-state index is 11.3. The van der Waals surface area contributed by atoms with Crippen molar-refractivity contribution in [3.8, 4) is 0 Å². The van der Waals surface area contributed by atoms with Crippen LogP contribution in [0.1, 0.15) is 10.5 Å². The van der Waals surface area contributed by atoms with Crippen molar-refractivity contribution in [3.05, 3.63) is 36.0 Å². The van der Waals surface area contributed by atoms with Crippen LogP contribution in [0.25, 0.3) is 10.9 Å². The van der Waals surface area contributed by atoms with E-state index in [2.05, 4.69) is 5.32 Å². The van der Waals surface area contributed by atoms with Gasteiger partial charge >= 0.3 is 0 Å². The number of fused-ring (bicyclic) bond motifs is 3. The molecule has 3 nitrogen and oxygen atoms in total. The van der Waals surface area contributed by atoms with Crippen molar-refractivity contribution in [2.75, 3.05) is 0 Å². The highest BCUT2D eigenvalue weighted by atomic mass is 16.2. The maximum absolute atomic E-state index is 11.3. The van der Waals surface area contributed by atoms with Gasteiger partial charge in [0.25, 0.3) is 5.91 Å². The minimum atomic E-state index is 0.0243. The predicted octanol–water partition coefficient (Wildman–Crippen LogP) is 1.34. The maximum Gasteiger partial charge on any atom is 0.269 e. The molecule has 2 aromatic rings. The zero-order chi connectivity index (χ0) is 8.84. The van der Waals surface area contributed by atoms with Gasteiger partial charge in [0.2, 0.25) is 0 Å². The molecule has 0 spiro atoms. The summed E-state index contributed by atoms with van der Waals surface area (Å²) in [5.41, 5.74) is 1.89. The van der Waals surface area contributed by atoms with E-state index in [1.165, 1.54) is 0 Å². The molecule has 2 heterocycles. The molecule has 0 radical (unpaired) electrons. The lowest BCUT2D eigenvalue weighted by molar-refractivity contribution is 0.0966. The molecule has 0 fully saturated rings. The molecule has 0 atom stereocenters. The molecule has 0 saturated carbocycles. The van der Waals surface area contributed by atoms with E-state index >= 15 is 0 Å². The van der Waals surface area contributed by atoms with Crippen LogP contribution in [0, 0.1) is 0 Å². The van der Waals surface area contributed by atoms with Gasteiger partial charge in [-0.3, -0.25) is 4.79 Å². The number of para-hydroxylation sites is 1. The highest BCUT2D eigenvalue weighted by Crippen LogP contribution is 2.21. The molecule has 1 amide bonds. The molecular formula is C10H8N2O. The van der Waals surface area contributed by atoms with E-state index in [0.717, 1.165) is 16.6 Å². The van der Waals surface area contributed by atoms with Gasteiger partial charge < -0.3 is 9.88 Å². The molecule has 3 heteroatoms. The first-order chi connectivity index (χ1) is 6.36. The minimum absolute atomic E-state index is 0.0243. The lowest BCUT2D eigenvalue weighted by Gasteiger charge is -1.96. The lowest BCUT2D eigenvalue weighted by Crippen LogP contribution is -2.13. The van der Waals surface area contributed by atoms with E-state index < -0.39 is 0 Å². The molecule has 1 aliphatic rings. The second kappa shape index (κ2) is 2.13. The Balaban J connectivity index is 2.44. The van der Waals surface area contributed by atoms with Crippen molar-refractivity contribution < 1.29 is 4.79 Å². The van der Waals surface area contributed by atoms with Crippen LogP contribution in [0.2, 0.25) is 0 Å². The first-order valence-electron chi connectivity index (χ1n) is 4.23. The largest absolute Gasteiger partial charge is 0.333 e. The Hall–Kier alpha value is -1.77. The lowest BCUT2D eigenvalue weighted by atomic mass is 10.2. The number of nitrogens with zero attached hydrogens (tertiary/aromatic N) is 1. The molecular weight excluding hydrogens is 164 g/mol. The summed E-state index contributed by atoms with van der Waals surface area (Å²) >= 11 is 0. The van der Waals surface area contributed by atoms with Crippen LogP contribution in [-0.2, 0) is 6.67 Å². The van der Waals surface area contributed by atoms with Crippen LogP contribution in [0.3, 0.4) is 0 Å². The summed E-state index contributed by atoms with van der Waals surface area (Å²) < 4.78 is 2.00. The third-order valence-corrected chi connectivity index (χ3v) is 2.44. The number of amides is 1. The first kappa shape index (κ1) is 6.71. The standard InChI is InChI=1S/C10H8N2O/c13-10-9-5-7-3-1-2-4-8(7)12(9)6-11-10/h1-5H,6H2,(H,11,13). The zero-order valence-corrected chi connectivity index (χ0v) is 6.95. The molecule has 1 aromatic heterocycles. The van der Waals surface area contributed by atoms with Gasteiger partial charge in [0.15, 0.2) is 0 Å². The number of nitrogens with one attached hydrogen (secondary N) is 1. The SMILES string of the molecule is O=C1NCn2c1cc1ccccc12. The van der Waals surface area contributed by atoms with Crippen LogP contribution in [0.15, 0.2) is 30.3 Å².